The van der Waals surface area contributed by atoms with Crippen LogP contribution in [0.5, 0.6) is 5.75 Å². The Morgan fingerprint density at radius 3 is 2.81 bits per heavy atom. The van der Waals surface area contributed by atoms with E-state index >= 15 is 0 Å². The maximum absolute atomic E-state index is 12.0. The summed E-state index contributed by atoms with van der Waals surface area (Å²) in [4.78, 5) is 12.0. The third-order valence-electron chi connectivity index (χ3n) is 3.58. The van der Waals surface area contributed by atoms with Crippen LogP contribution in [0.1, 0.15) is 31.2 Å². The molecule has 0 spiro atoms. The van der Waals surface area contributed by atoms with Gasteiger partial charge in [0.1, 0.15) is 17.4 Å². The minimum atomic E-state index is -0.371. The molecule has 0 radical (unpaired) electrons. The van der Waals surface area contributed by atoms with Crippen LogP contribution in [0.4, 0.5) is 5.69 Å². The zero-order valence-electron chi connectivity index (χ0n) is 12.0. The molecule has 2 rings (SSSR count). The molecule has 1 aromatic rings. The quantitative estimate of drug-likeness (QED) is 0.451. The molecule has 5 nitrogen and oxygen atoms in total. The molecule has 1 aromatic carbocycles. The number of hydrogen-bond donors (Lipinski definition) is 3. The molecule has 0 unspecified atom stereocenters. The standard InChI is InChI=1S/C16H19N3O2/c1-11-6-7-15(20)14(8-11)18-10-12(9-17)16(21)19-13-4-2-3-5-13/h6-8,10,13,18,20H,2-5H2,1H3,(H,19,21)/b12-10-. The molecule has 21 heavy (non-hydrogen) atoms. The van der Waals surface area contributed by atoms with Crippen molar-refractivity contribution in [1.82, 2.24) is 5.32 Å². The lowest BCUT2D eigenvalue weighted by Crippen LogP contribution is -2.33. The van der Waals surface area contributed by atoms with E-state index in [1.165, 1.54) is 6.20 Å². The van der Waals surface area contributed by atoms with Gasteiger partial charge in [0.05, 0.1) is 5.69 Å². The van der Waals surface area contributed by atoms with Gasteiger partial charge < -0.3 is 15.7 Å². The van der Waals surface area contributed by atoms with E-state index in [2.05, 4.69) is 10.6 Å². The summed E-state index contributed by atoms with van der Waals surface area (Å²) in [5.41, 5.74) is 1.44. The Balaban J connectivity index is 2.04. The van der Waals surface area contributed by atoms with Crippen LogP contribution in [0.2, 0.25) is 0 Å². The molecule has 0 aliphatic heterocycles. The van der Waals surface area contributed by atoms with Gasteiger partial charge in [0.2, 0.25) is 0 Å². The maximum Gasteiger partial charge on any atom is 0.263 e. The topological polar surface area (TPSA) is 85.2 Å². The predicted molar refractivity (Wildman–Crippen MR) is 80.6 cm³/mol. The Kier molecular flexibility index (Phi) is 4.83. The van der Waals surface area contributed by atoms with Gasteiger partial charge in [-0.25, -0.2) is 0 Å². The van der Waals surface area contributed by atoms with E-state index in [0.717, 1.165) is 31.2 Å². The Morgan fingerprint density at radius 1 is 1.43 bits per heavy atom. The molecule has 1 amide bonds. The van der Waals surface area contributed by atoms with Gasteiger partial charge in [0, 0.05) is 12.2 Å². The zero-order valence-corrected chi connectivity index (χ0v) is 12.0. The van der Waals surface area contributed by atoms with Gasteiger partial charge in [-0.2, -0.15) is 5.26 Å². The third kappa shape index (κ3) is 3.99. The molecule has 0 heterocycles. The molecular formula is C16H19N3O2. The van der Waals surface area contributed by atoms with Gasteiger partial charge in [-0.1, -0.05) is 18.9 Å². The summed E-state index contributed by atoms with van der Waals surface area (Å²) in [5.74, 6) is -0.297. The number of carbonyl (C=O) groups is 1. The molecule has 5 heteroatoms. The first-order valence-electron chi connectivity index (χ1n) is 7.07. The molecule has 0 atom stereocenters. The van der Waals surface area contributed by atoms with Gasteiger partial charge in [0.25, 0.3) is 5.91 Å². The molecule has 1 saturated carbocycles. The lowest BCUT2D eigenvalue weighted by Gasteiger charge is -2.11. The third-order valence-corrected chi connectivity index (χ3v) is 3.58. The fourth-order valence-corrected chi connectivity index (χ4v) is 2.40. The van der Waals surface area contributed by atoms with Gasteiger partial charge in [-0.05, 0) is 37.5 Å². The van der Waals surface area contributed by atoms with Crippen molar-refractivity contribution in [3.05, 3.63) is 35.5 Å². The second kappa shape index (κ2) is 6.80. The normalized spacial score (nSPS) is 15.5. The highest BCUT2D eigenvalue weighted by Crippen LogP contribution is 2.24. The lowest BCUT2D eigenvalue weighted by molar-refractivity contribution is -0.117. The van der Waals surface area contributed by atoms with Crippen molar-refractivity contribution in [2.24, 2.45) is 0 Å². The molecule has 110 valence electrons. The number of nitrogens with zero attached hydrogens (tertiary/aromatic N) is 1. The summed E-state index contributed by atoms with van der Waals surface area (Å²) in [7, 11) is 0. The minimum absolute atomic E-state index is 0.00260. The molecule has 1 aliphatic rings. The van der Waals surface area contributed by atoms with E-state index in [1.54, 1.807) is 18.2 Å². The van der Waals surface area contributed by atoms with Gasteiger partial charge in [-0.3, -0.25) is 4.79 Å². The first-order valence-corrected chi connectivity index (χ1v) is 7.07. The Labute approximate surface area is 124 Å². The minimum Gasteiger partial charge on any atom is -0.506 e. The first kappa shape index (κ1) is 14.9. The second-order valence-corrected chi connectivity index (χ2v) is 5.29. The van der Waals surface area contributed by atoms with Gasteiger partial charge >= 0.3 is 0 Å². The van der Waals surface area contributed by atoms with Crippen molar-refractivity contribution in [3.63, 3.8) is 0 Å². The Bertz CT molecular complexity index is 596. The predicted octanol–water partition coefficient (Wildman–Crippen LogP) is 2.58. The summed E-state index contributed by atoms with van der Waals surface area (Å²) in [6.45, 7) is 1.90. The number of nitriles is 1. The van der Waals surface area contributed by atoms with Crippen molar-refractivity contribution >= 4 is 11.6 Å². The van der Waals surface area contributed by atoms with Crippen LogP contribution in [0.3, 0.4) is 0 Å². The molecule has 3 N–H and O–H groups in total. The van der Waals surface area contributed by atoms with Crippen LogP contribution in [0.15, 0.2) is 30.0 Å². The number of phenolic OH excluding ortho intramolecular Hbond substituents is 1. The molecule has 0 saturated heterocycles. The number of aryl methyl sites for hydroxylation is 1. The number of amides is 1. The Morgan fingerprint density at radius 2 is 2.14 bits per heavy atom. The van der Waals surface area contributed by atoms with Crippen LogP contribution in [0.25, 0.3) is 0 Å². The van der Waals surface area contributed by atoms with E-state index in [-0.39, 0.29) is 23.3 Å². The number of hydrogen-bond acceptors (Lipinski definition) is 4. The molecular weight excluding hydrogens is 266 g/mol. The van der Waals surface area contributed by atoms with E-state index in [1.807, 2.05) is 13.0 Å². The highest BCUT2D eigenvalue weighted by Gasteiger charge is 2.19. The average molecular weight is 285 g/mol. The van der Waals surface area contributed by atoms with Crippen LogP contribution in [0, 0.1) is 18.3 Å². The first-order chi connectivity index (χ1) is 10.1. The number of phenols is 1. The second-order valence-electron chi connectivity index (χ2n) is 5.29. The summed E-state index contributed by atoms with van der Waals surface area (Å²) >= 11 is 0. The van der Waals surface area contributed by atoms with Crippen molar-refractivity contribution in [3.8, 4) is 11.8 Å². The fraction of sp³-hybridized carbons (Fsp3) is 0.375. The number of carbonyl (C=O) groups excluding carboxylic acids is 1. The fourth-order valence-electron chi connectivity index (χ4n) is 2.40. The number of nitrogens with one attached hydrogen (secondary N) is 2. The number of rotatable bonds is 4. The summed E-state index contributed by atoms with van der Waals surface area (Å²) < 4.78 is 0. The monoisotopic (exact) mass is 285 g/mol. The smallest absolute Gasteiger partial charge is 0.263 e. The zero-order chi connectivity index (χ0) is 15.2. The highest BCUT2D eigenvalue weighted by atomic mass is 16.3. The van der Waals surface area contributed by atoms with Crippen LogP contribution < -0.4 is 10.6 Å². The molecule has 0 aromatic heterocycles. The van der Waals surface area contributed by atoms with Crippen LogP contribution in [-0.4, -0.2) is 17.1 Å². The van der Waals surface area contributed by atoms with Crippen molar-refractivity contribution in [2.75, 3.05) is 5.32 Å². The average Bonchev–Trinajstić information content (AvgIpc) is 2.96. The van der Waals surface area contributed by atoms with Gasteiger partial charge in [0.15, 0.2) is 0 Å². The van der Waals surface area contributed by atoms with Gasteiger partial charge in [-0.15, -0.1) is 0 Å². The van der Waals surface area contributed by atoms with Crippen LogP contribution in [-0.2, 0) is 4.79 Å². The van der Waals surface area contributed by atoms with Crippen molar-refractivity contribution < 1.29 is 9.90 Å². The summed E-state index contributed by atoms with van der Waals surface area (Å²) in [5, 5.41) is 24.5. The van der Waals surface area contributed by atoms with E-state index < -0.39 is 0 Å². The molecule has 1 aliphatic carbocycles. The van der Waals surface area contributed by atoms with E-state index in [4.69, 9.17) is 5.26 Å². The Hall–Kier alpha value is -2.48. The lowest BCUT2D eigenvalue weighted by atomic mass is 10.2. The van der Waals surface area contributed by atoms with E-state index in [0.29, 0.717) is 5.69 Å². The highest BCUT2D eigenvalue weighted by molar-refractivity contribution is 5.97. The van der Waals surface area contributed by atoms with Crippen molar-refractivity contribution in [1.29, 1.82) is 5.26 Å². The number of anilines is 1. The maximum atomic E-state index is 12.0. The SMILES string of the molecule is Cc1ccc(O)c(N/C=C(/C#N)C(=O)NC2CCCC2)c1. The number of benzene rings is 1. The molecule has 0 bridgehead atoms. The van der Waals surface area contributed by atoms with Crippen LogP contribution >= 0.6 is 0 Å². The number of aromatic hydroxyl groups is 1. The summed E-state index contributed by atoms with van der Waals surface area (Å²) in [6, 6.07) is 7.14. The summed E-state index contributed by atoms with van der Waals surface area (Å²) in [6.07, 6.45) is 5.50. The molecule has 1 fully saturated rings. The van der Waals surface area contributed by atoms with Crippen molar-refractivity contribution in [2.45, 2.75) is 38.6 Å². The largest absolute Gasteiger partial charge is 0.506 e. The van der Waals surface area contributed by atoms with E-state index in [9.17, 15) is 9.90 Å².